The van der Waals surface area contributed by atoms with Crippen molar-refractivity contribution in [3.63, 3.8) is 0 Å². The fourth-order valence-electron chi connectivity index (χ4n) is 3.68. The summed E-state index contributed by atoms with van der Waals surface area (Å²) < 4.78 is 5.62. The Bertz CT molecular complexity index is 877. The van der Waals surface area contributed by atoms with Crippen LogP contribution < -0.4 is 10.1 Å². The molecule has 0 bridgehead atoms. The second-order valence-corrected chi connectivity index (χ2v) is 8.38. The number of para-hydroxylation sites is 1. The average Bonchev–Trinajstić information content (AvgIpc) is 2.77. The normalized spacial score (nSPS) is 13.6. The first-order valence-corrected chi connectivity index (χ1v) is 10.8. The molecule has 0 aliphatic heterocycles. The molecule has 3 aromatic rings. The van der Waals surface area contributed by atoms with Crippen molar-refractivity contribution in [2.75, 3.05) is 13.2 Å². The van der Waals surface area contributed by atoms with Crippen molar-refractivity contribution in [1.29, 1.82) is 0 Å². The molecule has 0 aromatic heterocycles. The minimum Gasteiger partial charge on any atom is -0.491 e. The summed E-state index contributed by atoms with van der Waals surface area (Å²) in [4.78, 5) is 0. The van der Waals surface area contributed by atoms with Gasteiger partial charge in [0.2, 0.25) is 0 Å². The van der Waals surface area contributed by atoms with Crippen molar-refractivity contribution >= 4 is 0 Å². The Morgan fingerprint density at radius 3 is 1.87 bits per heavy atom. The summed E-state index contributed by atoms with van der Waals surface area (Å²) in [6.45, 7) is 6.70. The smallest absolute Gasteiger partial charge is 0.119 e. The molecule has 0 saturated heterocycles. The van der Waals surface area contributed by atoms with E-state index in [2.05, 4.69) is 5.32 Å². The number of aliphatic hydroxyl groups is 2. The van der Waals surface area contributed by atoms with Gasteiger partial charge in [0.1, 0.15) is 24.1 Å². The summed E-state index contributed by atoms with van der Waals surface area (Å²) in [5.74, 6) is 0.739. The topological polar surface area (TPSA) is 61.7 Å². The van der Waals surface area contributed by atoms with E-state index < -0.39 is 11.7 Å². The van der Waals surface area contributed by atoms with Gasteiger partial charge in [0.15, 0.2) is 0 Å². The zero-order chi connectivity index (χ0) is 22.3. The summed E-state index contributed by atoms with van der Waals surface area (Å²) in [5.41, 5.74) is 2.91. The lowest BCUT2D eigenvalue weighted by Crippen LogP contribution is -2.41. The SMILES string of the molecule is Cc1ccc(C(O)(CC(C)NC[C@@H](O)COc2ccccc2)c2ccc(C)cc2)cc1. The highest BCUT2D eigenvalue weighted by atomic mass is 16.5. The predicted molar refractivity (Wildman–Crippen MR) is 125 cm³/mol. The van der Waals surface area contributed by atoms with E-state index in [1.807, 2.05) is 99.6 Å². The summed E-state index contributed by atoms with van der Waals surface area (Å²) in [6, 6.07) is 25.5. The molecule has 2 atom stereocenters. The second kappa shape index (κ2) is 10.6. The molecule has 4 nitrogen and oxygen atoms in total. The lowest BCUT2D eigenvalue weighted by Gasteiger charge is -2.33. The zero-order valence-corrected chi connectivity index (χ0v) is 18.6. The minimum atomic E-state index is -1.13. The molecule has 3 aromatic carbocycles. The molecule has 164 valence electrons. The van der Waals surface area contributed by atoms with Crippen LogP contribution in [0, 0.1) is 13.8 Å². The summed E-state index contributed by atoms with van der Waals surface area (Å²) >= 11 is 0. The van der Waals surface area contributed by atoms with Gasteiger partial charge in [0.05, 0.1) is 0 Å². The Morgan fingerprint density at radius 1 is 0.839 bits per heavy atom. The highest BCUT2D eigenvalue weighted by Gasteiger charge is 2.33. The molecule has 0 radical (unpaired) electrons. The van der Waals surface area contributed by atoms with Gasteiger partial charge in [-0.2, -0.15) is 0 Å². The van der Waals surface area contributed by atoms with Crippen LogP contribution >= 0.6 is 0 Å². The highest BCUT2D eigenvalue weighted by Crippen LogP contribution is 2.34. The van der Waals surface area contributed by atoms with E-state index >= 15 is 0 Å². The number of benzene rings is 3. The number of rotatable bonds is 10. The number of ether oxygens (including phenoxy) is 1. The maximum Gasteiger partial charge on any atom is 0.119 e. The first-order valence-electron chi connectivity index (χ1n) is 10.8. The molecule has 1 unspecified atom stereocenters. The monoisotopic (exact) mass is 419 g/mol. The maximum absolute atomic E-state index is 11.8. The van der Waals surface area contributed by atoms with E-state index in [1.54, 1.807) is 0 Å². The van der Waals surface area contributed by atoms with Crippen LogP contribution in [0.25, 0.3) is 0 Å². The highest BCUT2D eigenvalue weighted by molar-refractivity contribution is 5.38. The van der Waals surface area contributed by atoms with Crippen molar-refractivity contribution < 1.29 is 14.9 Å². The van der Waals surface area contributed by atoms with Gasteiger partial charge in [-0.05, 0) is 50.5 Å². The van der Waals surface area contributed by atoms with Gasteiger partial charge in [0.25, 0.3) is 0 Å². The van der Waals surface area contributed by atoms with Gasteiger partial charge in [-0.25, -0.2) is 0 Å². The Balaban J connectivity index is 1.64. The second-order valence-electron chi connectivity index (χ2n) is 8.38. The summed E-state index contributed by atoms with van der Waals surface area (Å²) in [7, 11) is 0. The lowest BCUT2D eigenvalue weighted by atomic mass is 9.81. The molecule has 0 fully saturated rings. The van der Waals surface area contributed by atoms with E-state index in [0.29, 0.717) is 13.0 Å². The van der Waals surface area contributed by atoms with E-state index in [4.69, 9.17) is 4.74 Å². The fraction of sp³-hybridized carbons (Fsp3) is 0.333. The molecule has 3 rings (SSSR count). The van der Waals surface area contributed by atoms with Gasteiger partial charge < -0.3 is 20.3 Å². The van der Waals surface area contributed by atoms with Crippen LogP contribution in [-0.4, -0.2) is 35.5 Å². The average molecular weight is 420 g/mol. The van der Waals surface area contributed by atoms with Gasteiger partial charge in [-0.3, -0.25) is 0 Å². The van der Waals surface area contributed by atoms with Crippen molar-refractivity contribution in [3.8, 4) is 5.75 Å². The van der Waals surface area contributed by atoms with Crippen LogP contribution in [0.5, 0.6) is 5.75 Å². The lowest BCUT2D eigenvalue weighted by molar-refractivity contribution is 0.0557. The van der Waals surface area contributed by atoms with E-state index in [9.17, 15) is 10.2 Å². The van der Waals surface area contributed by atoms with Crippen LogP contribution in [0.15, 0.2) is 78.9 Å². The van der Waals surface area contributed by atoms with Crippen LogP contribution in [0.3, 0.4) is 0 Å². The predicted octanol–water partition coefficient (Wildman–Crippen LogP) is 4.35. The molecule has 0 saturated carbocycles. The van der Waals surface area contributed by atoms with E-state index in [-0.39, 0.29) is 12.6 Å². The summed E-state index contributed by atoms with van der Waals surface area (Å²) in [5, 5.41) is 25.4. The summed E-state index contributed by atoms with van der Waals surface area (Å²) in [6.07, 6.45) is -0.166. The molecule has 31 heavy (non-hydrogen) atoms. The first kappa shape index (κ1) is 23.0. The standard InChI is InChI=1S/C27H33NO3/c1-20-9-13-23(14-10-20)27(30,24-15-11-21(2)12-16-24)17-22(3)28-18-25(29)19-31-26-7-5-4-6-8-26/h4-16,22,25,28-30H,17-19H2,1-3H3/t22?,25-/m1/s1. The molecule has 4 heteroatoms. The maximum atomic E-state index is 11.8. The Labute approximate surface area is 185 Å². The Morgan fingerprint density at radius 2 is 1.35 bits per heavy atom. The van der Waals surface area contributed by atoms with Crippen LogP contribution in [0.1, 0.15) is 35.6 Å². The third kappa shape index (κ3) is 6.41. The molecule has 0 aliphatic carbocycles. The third-order valence-corrected chi connectivity index (χ3v) is 5.55. The molecule has 0 aliphatic rings. The molecule has 0 heterocycles. The van der Waals surface area contributed by atoms with Crippen LogP contribution in [-0.2, 0) is 5.60 Å². The van der Waals surface area contributed by atoms with Crippen LogP contribution in [0.4, 0.5) is 0 Å². The minimum absolute atomic E-state index is 0.0287. The molecule has 3 N–H and O–H groups in total. The van der Waals surface area contributed by atoms with Crippen LogP contribution in [0.2, 0.25) is 0 Å². The molecular weight excluding hydrogens is 386 g/mol. The Hall–Kier alpha value is -2.66. The number of nitrogens with one attached hydrogen (secondary N) is 1. The number of hydrogen-bond donors (Lipinski definition) is 3. The van der Waals surface area contributed by atoms with E-state index in [0.717, 1.165) is 28.0 Å². The van der Waals surface area contributed by atoms with Crippen molar-refractivity contribution in [2.24, 2.45) is 0 Å². The zero-order valence-electron chi connectivity index (χ0n) is 18.6. The number of aryl methyl sites for hydroxylation is 2. The van der Waals surface area contributed by atoms with Gasteiger partial charge >= 0.3 is 0 Å². The Kier molecular flexibility index (Phi) is 7.85. The molecule has 0 amide bonds. The first-order chi connectivity index (χ1) is 14.9. The van der Waals surface area contributed by atoms with Gasteiger partial charge in [-0.1, -0.05) is 77.9 Å². The fourth-order valence-corrected chi connectivity index (χ4v) is 3.68. The quantitative estimate of drug-likeness (QED) is 0.457. The molecule has 0 spiro atoms. The van der Waals surface area contributed by atoms with Gasteiger partial charge in [0, 0.05) is 12.6 Å². The third-order valence-electron chi connectivity index (χ3n) is 5.55. The van der Waals surface area contributed by atoms with Crippen molar-refractivity contribution in [3.05, 3.63) is 101 Å². The van der Waals surface area contributed by atoms with Gasteiger partial charge in [-0.15, -0.1) is 0 Å². The number of hydrogen-bond acceptors (Lipinski definition) is 4. The number of aliphatic hydroxyl groups excluding tert-OH is 1. The van der Waals surface area contributed by atoms with E-state index in [1.165, 1.54) is 0 Å². The van der Waals surface area contributed by atoms with Crippen molar-refractivity contribution in [1.82, 2.24) is 5.32 Å². The molecular formula is C27H33NO3. The largest absolute Gasteiger partial charge is 0.491 e. The van der Waals surface area contributed by atoms with Crippen molar-refractivity contribution in [2.45, 2.75) is 44.9 Å².